The van der Waals surface area contributed by atoms with Crippen LogP contribution in [0.15, 0.2) is 16.7 Å². The predicted molar refractivity (Wildman–Crippen MR) is 86.8 cm³/mol. The first kappa shape index (κ1) is 18.4. The highest BCUT2D eigenvalue weighted by molar-refractivity contribution is 9.10. The number of carbonyl (C=O) groups is 2. The van der Waals surface area contributed by atoms with Gasteiger partial charge in [0.15, 0.2) is 5.69 Å². The summed E-state index contributed by atoms with van der Waals surface area (Å²) in [5, 5.41) is 2.86. The Bertz CT molecular complexity index is 553. The molecular formula is C15H21BrN2O4. The van der Waals surface area contributed by atoms with Crippen molar-refractivity contribution >= 4 is 33.6 Å². The van der Waals surface area contributed by atoms with E-state index in [4.69, 9.17) is 9.47 Å². The fourth-order valence-electron chi connectivity index (χ4n) is 1.55. The lowest BCUT2D eigenvalue weighted by Gasteiger charge is -2.20. The Labute approximate surface area is 138 Å². The normalized spacial score (nSPS) is 11.2. The summed E-state index contributed by atoms with van der Waals surface area (Å²) in [5.74, 6) is -0.968. The number of esters is 2. The number of hydrogen-bond donors (Lipinski definition) is 1. The quantitative estimate of drug-likeness (QED) is 0.799. The van der Waals surface area contributed by atoms with Crippen molar-refractivity contribution in [2.24, 2.45) is 0 Å². The van der Waals surface area contributed by atoms with Gasteiger partial charge >= 0.3 is 11.9 Å². The number of rotatable bonds is 5. The third-order valence-corrected chi connectivity index (χ3v) is 2.67. The van der Waals surface area contributed by atoms with E-state index in [2.05, 4.69) is 26.2 Å². The van der Waals surface area contributed by atoms with Crippen molar-refractivity contribution in [2.45, 2.75) is 46.3 Å². The molecule has 0 saturated heterocycles. The molecule has 0 fully saturated rings. The minimum Gasteiger partial charge on any atom is -0.459 e. The maximum Gasteiger partial charge on any atom is 0.359 e. The Morgan fingerprint density at radius 1 is 1.36 bits per heavy atom. The molecule has 0 radical (unpaired) electrons. The van der Waals surface area contributed by atoms with Crippen molar-refractivity contribution in [1.82, 2.24) is 4.98 Å². The van der Waals surface area contributed by atoms with E-state index in [0.717, 1.165) is 0 Å². The van der Waals surface area contributed by atoms with Crippen LogP contribution in [0.4, 0.5) is 5.69 Å². The van der Waals surface area contributed by atoms with E-state index in [0.29, 0.717) is 10.2 Å². The summed E-state index contributed by atoms with van der Waals surface area (Å²) in [4.78, 5) is 27.8. The van der Waals surface area contributed by atoms with Gasteiger partial charge in [-0.25, -0.2) is 9.78 Å². The molecule has 0 aliphatic carbocycles. The highest BCUT2D eigenvalue weighted by atomic mass is 79.9. The summed E-state index contributed by atoms with van der Waals surface area (Å²) in [5.41, 5.74) is -0.0282. The first-order valence-electron chi connectivity index (χ1n) is 6.90. The molecule has 1 N–H and O–H groups in total. The molecule has 0 aliphatic rings. The van der Waals surface area contributed by atoms with Crippen molar-refractivity contribution in [3.05, 3.63) is 22.4 Å². The molecule has 1 heterocycles. The van der Waals surface area contributed by atoms with Crippen LogP contribution in [-0.2, 0) is 14.3 Å². The van der Waals surface area contributed by atoms with Gasteiger partial charge in [0.2, 0.25) is 0 Å². The zero-order valence-electron chi connectivity index (χ0n) is 13.4. The topological polar surface area (TPSA) is 77.5 Å². The lowest BCUT2D eigenvalue weighted by molar-refractivity contribution is -0.152. The minimum atomic E-state index is -0.562. The van der Waals surface area contributed by atoms with Crippen LogP contribution in [0, 0.1) is 0 Å². The van der Waals surface area contributed by atoms with Crippen LogP contribution in [0.5, 0.6) is 0 Å². The largest absolute Gasteiger partial charge is 0.459 e. The third-order valence-electron chi connectivity index (χ3n) is 2.23. The molecule has 0 aromatic carbocycles. The molecule has 0 amide bonds. The van der Waals surface area contributed by atoms with Gasteiger partial charge in [0.25, 0.3) is 0 Å². The van der Waals surface area contributed by atoms with Crippen LogP contribution in [0.2, 0.25) is 0 Å². The number of hydrogen-bond acceptors (Lipinski definition) is 6. The number of halogens is 1. The SMILES string of the molecule is CC(C)OC(=O)c1ncc(Br)cc1NCC(=O)OC(C)(C)C. The summed E-state index contributed by atoms with van der Waals surface area (Å²) in [6.07, 6.45) is 1.24. The van der Waals surface area contributed by atoms with E-state index in [9.17, 15) is 9.59 Å². The summed E-state index contributed by atoms with van der Waals surface area (Å²) in [6, 6.07) is 1.66. The van der Waals surface area contributed by atoms with Crippen molar-refractivity contribution in [3.63, 3.8) is 0 Å². The maximum absolute atomic E-state index is 12.0. The molecule has 1 aromatic rings. The molecule has 0 spiro atoms. The maximum atomic E-state index is 12.0. The fourth-order valence-corrected chi connectivity index (χ4v) is 1.88. The van der Waals surface area contributed by atoms with Crippen molar-refractivity contribution in [1.29, 1.82) is 0 Å². The second-order valence-corrected chi connectivity index (χ2v) is 6.86. The van der Waals surface area contributed by atoms with Gasteiger partial charge in [-0.05, 0) is 56.6 Å². The highest BCUT2D eigenvalue weighted by Gasteiger charge is 2.19. The zero-order valence-corrected chi connectivity index (χ0v) is 15.0. The molecule has 122 valence electrons. The lowest BCUT2D eigenvalue weighted by atomic mass is 10.2. The summed E-state index contributed by atoms with van der Waals surface area (Å²) in [7, 11) is 0. The minimum absolute atomic E-state index is 0.0721. The second kappa shape index (κ2) is 7.58. The predicted octanol–water partition coefficient (Wildman–Crippen LogP) is 3.16. The van der Waals surface area contributed by atoms with E-state index in [-0.39, 0.29) is 18.3 Å². The first-order valence-corrected chi connectivity index (χ1v) is 7.70. The summed E-state index contributed by atoms with van der Waals surface area (Å²) < 4.78 is 11.0. The van der Waals surface area contributed by atoms with Crippen molar-refractivity contribution < 1.29 is 19.1 Å². The fraction of sp³-hybridized carbons (Fsp3) is 0.533. The number of anilines is 1. The van der Waals surface area contributed by atoms with Crippen LogP contribution >= 0.6 is 15.9 Å². The number of nitrogens with zero attached hydrogens (tertiary/aromatic N) is 1. The van der Waals surface area contributed by atoms with Crippen LogP contribution in [0.3, 0.4) is 0 Å². The van der Waals surface area contributed by atoms with E-state index < -0.39 is 17.5 Å². The molecule has 22 heavy (non-hydrogen) atoms. The van der Waals surface area contributed by atoms with E-state index in [1.54, 1.807) is 40.7 Å². The van der Waals surface area contributed by atoms with Crippen molar-refractivity contribution in [2.75, 3.05) is 11.9 Å². The standard InChI is InChI=1S/C15H21BrN2O4/c1-9(2)21-14(20)13-11(6-10(16)7-18-13)17-8-12(19)22-15(3,4)5/h6-7,9,17H,8H2,1-5H3. The molecule has 0 bridgehead atoms. The Morgan fingerprint density at radius 3 is 2.55 bits per heavy atom. The molecule has 0 saturated carbocycles. The summed E-state index contributed by atoms with van der Waals surface area (Å²) >= 11 is 3.28. The molecule has 1 rings (SSSR count). The molecular weight excluding hydrogens is 352 g/mol. The molecule has 6 nitrogen and oxygen atoms in total. The Kier molecular flexibility index (Phi) is 6.34. The van der Waals surface area contributed by atoms with Crippen LogP contribution < -0.4 is 5.32 Å². The lowest BCUT2D eigenvalue weighted by Crippen LogP contribution is -2.28. The zero-order chi connectivity index (χ0) is 16.9. The smallest absolute Gasteiger partial charge is 0.359 e. The highest BCUT2D eigenvalue weighted by Crippen LogP contribution is 2.20. The van der Waals surface area contributed by atoms with Crippen molar-refractivity contribution in [3.8, 4) is 0 Å². The van der Waals surface area contributed by atoms with E-state index >= 15 is 0 Å². The van der Waals surface area contributed by atoms with Gasteiger partial charge in [-0.15, -0.1) is 0 Å². The van der Waals surface area contributed by atoms with Gasteiger partial charge in [0.05, 0.1) is 11.8 Å². The van der Waals surface area contributed by atoms with E-state index in [1.165, 1.54) is 6.20 Å². The number of nitrogens with one attached hydrogen (secondary N) is 1. The van der Waals surface area contributed by atoms with Crippen LogP contribution in [-0.4, -0.2) is 35.2 Å². The Hall–Kier alpha value is -1.63. The molecule has 0 aliphatic heterocycles. The molecule has 0 unspecified atom stereocenters. The number of ether oxygens (including phenoxy) is 2. The number of pyridine rings is 1. The van der Waals surface area contributed by atoms with Crippen LogP contribution in [0.1, 0.15) is 45.1 Å². The van der Waals surface area contributed by atoms with Gasteiger partial charge in [-0.1, -0.05) is 0 Å². The van der Waals surface area contributed by atoms with Gasteiger partial charge in [0.1, 0.15) is 12.1 Å². The number of aromatic nitrogens is 1. The first-order chi connectivity index (χ1) is 10.1. The van der Waals surface area contributed by atoms with Gasteiger partial charge < -0.3 is 14.8 Å². The van der Waals surface area contributed by atoms with E-state index in [1.807, 2.05) is 0 Å². The second-order valence-electron chi connectivity index (χ2n) is 5.94. The third kappa shape index (κ3) is 6.43. The molecule has 7 heteroatoms. The average Bonchev–Trinajstić information content (AvgIpc) is 2.33. The Balaban J connectivity index is 2.83. The summed E-state index contributed by atoms with van der Waals surface area (Å²) in [6.45, 7) is 8.80. The molecule has 1 aromatic heterocycles. The monoisotopic (exact) mass is 372 g/mol. The Morgan fingerprint density at radius 2 is 2.00 bits per heavy atom. The number of carbonyl (C=O) groups excluding carboxylic acids is 2. The van der Waals surface area contributed by atoms with Gasteiger partial charge in [-0.3, -0.25) is 4.79 Å². The molecule has 0 atom stereocenters. The van der Waals surface area contributed by atoms with Gasteiger partial charge in [-0.2, -0.15) is 0 Å². The van der Waals surface area contributed by atoms with Gasteiger partial charge in [0, 0.05) is 10.7 Å². The van der Waals surface area contributed by atoms with Crippen LogP contribution in [0.25, 0.3) is 0 Å². The average molecular weight is 373 g/mol.